The van der Waals surface area contributed by atoms with Gasteiger partial charge in [0.15, 0.2) is 0 Å². The molecule has 29 heavy (non-hydrogen) atoms. The van der Waals surface area contributed by atoms with Gasteiger partial charge in [0.1, 0.15) is 0 Å². The zero-order chi connectivity index (χ0) is 19.8. The largest absolute Gasteiger partial charge is 0.378 e. The first-order chi connectivity index (χ1) is 14.2. The number of benzene rings is 3. The Balaban J connectivity index is 1.45. The lowest BCUT2D eigenvalue weighted by molar-refractivity contribution is 0.102. The summed E-state index contributed by atoms with van der Waals surface area (Å²) in [5.74, 6) is 0.778. The zero-order valence-electron chi connectivity index (χ0n) is 16.4. The highest BCUT2D eigenvalue weighted by molar-refractivity contribution is 6.04. The molecule has 3 atom stereocenters. The molecule has 5 rings (SSSR count). The number of carbonyl (C=O) groups is 1. The van der Waals surface area contributed by atoms with Crippen LogP contribution in [0.5, 0.6) is 0 Å². The Kier molecular flexibility index (Phi) is 4.44. The molecule has 0 saturated carbocycles. The van der Waals surface area contributed by atoms with Crippen LogP contribution >= 0.6 is 0 Å². The molecule has 0 radical (unpaired) electrons. The van der Waals surface area contributed by atoms with Crippen molar-refractivity contribution in [3.8, 4) is 0 Å². The van der Waals surface area contributed by atoms with Crippen LogP contribution in [-0.2, 0) is 0 Å². The van der Waals surface area contributed by atoms with Gasteiger partial charge in [-0.15, -0.1) is 0 Å². The normalized spacial score (nSPS) is 21.8. The lowest BCUT2D eigenvalue weighted by Crippen LogP contribution is -2.29. The molecule has 1 aliphatic carbocycles. The molecule has 3 aromatic carbocycles. The van der Waals surface area contributed by atoms with E-state index in [2.05, 4.69) is 66.1 Å². The van der Waals surface area contributed by atoms with E-state index in [0.29, 0.717) is 23.4 Å². The number of carbonyl (C=O) groups excluding carboxylic acids is 1. The van der Waals surface area contributed by atoms with Gasteiger partial charge in [-0.3, -0.25) is 4.79 Å². The first-order valence-corrected chi connectivity index (χ1v) is 10.2. The van der Waals surface area contributed by atoms with Crippen molar-refractivity contribution >= 4 is 17.3 Å². The summed E-state index contributed by atoms with van der Waals surface area (Å²) in [7, 11) is 0. The highest BCUT2D eigenvalue weighted by atomic mass is 16.1. The lowest BCUT2D eigenvalue weighted by atomic mass is 9.77. The minimum Gasteiger partial charge on any atom is -0.378 e. The van der Waals surface area contributed by atoms with Gasteiger partial charge in [0.05, 0.1) is 6.04 Å². The molecule has 1 heterocycles. The Morgan fingerprint density at radius 1 is 1.00 bits per heavy atom. The van der Waals surface area contributed by atoms with Gasteiger partial charge in [0.2, 0.25) is 0 Å². The van der Waals surface area contributed by atoms with Crippen molar-refractivity contribution in [3.05, 3.63) is 107 Å². The van der Waals surface area contributed by atoms with Gasteiger partial charge in [0, 0.05) is 22.9 Å². The van der Waals surface area contributed by atoms with E-state index in [1.165, 1.54) is 16.7 Å². The minimum absolute atomic E-state index is 0.0783. The number of rotatable bonds is 3. The molecular formula is C26H24N2O. The number of hydrogen-bond acceptors (Lipinski definition) is 2. The molecule has 3 aromatic rings. The number of anilines is 2. The van der Waals surface area contributed by atoms with Crippen LogP contribution < -0.4 is 10.6 Å². The van der Waals surface area contributed by atoms with Crippen molar-refractivity contribution in [2.24, 2.45) is 5.92 Å². The van der Waals surface area contributed by atoms with Gasteiger partial charge in [0.25, 0.3) is 5.91 Å². The van der Waals surface area contributed by atoms with Gasteiger partial charge in [-0.05, 0) is 60.7 Å². The molecular weight excluding hydrogens is 356 g/mol. The summed E-state index contributed by atoms with van der Waals surface area (Å²) >= 11 is 0. The zero-order valence-corrected chi connectivity index (χ0v) is 16.4. The fourth-order valence-corrected chi connectivity index (χ4v) is 4.66. The fourth-order valence-electron chi connectivity index (χ4n) is 4.66. The minimum atomic E-state index is -0.0783. The number of allylic oxidation sites excluding steroid dienone is 2. The second-order valence-electron chi connectivity index (χ2n) is 8.01. The van der Waals surface area contributed by atoms with Crippen molar-refractivity contribution in [1.82, 2.24) is 0 Å². The van der Waals surface area contributed by atoms with Crippen molar-refractivity contribution in [3.63, 3.8) is 0 Å². The molecule has 3 nitrogen and oxygen atoms in total. The summed E-state index contributed by atoms with van der Waals surface area (Å²) in [6.07, 6.45) is 5.69. The number of amides is 1. The van der Waals surface area contributed by atoms with Crippen molar-refractivity contribution in [1.29, 1.82) is 0 Å². The highest BCUT2D eigenvalue weighted by Gasteiger charge is 2.38. The van der Waals surface area contributed by atoms with Gasteiger partial charge in [-0.2, -0.15) is 0 Å². The Bertz CT molecular complexity index is 1090. The third kappa shape index (κ3) is 3.33. The van der Waals surface area contributed by atoms with Crippen LogP contribution in [0.15, 0.2) is 84.9 Å². The average molecular weight is 380 g/mol. The fraction of sp³-hybridized carbons (Fsp3) is 0.192. The molecule has 0 bridgehead atoms. The van der Waals surface area contributed by atoms with Gasteiger partial charge in [-0.1, -0.05) is 60.2 Å². The Morgan fingerprint density at radius 2 is 1.86 bits per heavy atom. The predicted molar refractivity (Wildman–Crippen MR) is 118 cm³/mol. The van der Waals surface area contributed by atoms with E-state index in [-0.39, 0.29) is 5.91 Å². The second-order valence-corrected chi connectivity index (χ2v) is 8.01. The Hall–Kier alpha value is -3.33. The molecule has 0 fully saturated rings. The molecule has 3 heteroatoms. The van der Waals surface area contributed by atoms with Crippen LogP contribution in [0.3, 0.4) is 0 Å². The second kappa shape index (κ2) is 7.25. The van der Waals surface area contributed by atoms with E-state index in [9.17, 15) is 4.79 Å². The maximum atomic E-state index is 12.5. The quantitative estimate of drug-likeness (QED) is 0.541. The summed E-state index contributed by atoms with van der Waals surface area (Å²) in [6.45, 7) is 2.15. The summed E-state index contributed by atoms with van der Waals surface area (Å²) < 4.78 is 0. The molecule has 2 N–H and O–H groups in total. The molecule has 1 amide bonds. The van der Waals surface area contributed by atoms with Gasteiger partial charge in [-0.25, -0.2) is 0 Å². The summed E-state index contributed by atoms with van der Waals surface area (Å²) in [5, 5.41) is 6.82. The SMILES string of the molecule is Cc1cccc(C2Nc3ccc(NC(=O)c4ccccc4)cc3C3C=CCC32)c1. The van der Waals surface area contributed by atoms with Crippen molar-refractivity contribution in [2.45, 2.75) is 25.3 Å². The molecule has 3 unspecified atom stereocenters. The van der Waals surface area contributed by atoms with Crippen LogP contribution in [0.1, 0.15) is 45.4 Å². The number of hydrogen-bond donors (Lipinski definition) is 2. The van der Waals surface area contributed by atoms with E-state index in [0.717, 1.165) is 17.8 Å². The standard InChI is InChI=1S/C26H24N2O/c1-17-7-5-10-19(15-17)25-22-12-6-11-21(22)23-16-20(13-14-24(23)28-25)27-26(29)18-8-3-2-4-9-18/h2-11,13-16,21-22,25,28H,12H2,1H3,(H,27,29). The predicted octanol–water partition coefficient (Wildman–Crippen LogP) is 6.07. The van der Waals surface area contributed by atoms with E-state index in [4.69, 9.17) is 0 Å². The van der Waals surface area contributed by atoms with Crippen LogP contribution in [-0.4, -0.2) is 5.91 Å². The number of nitrogens with one attached hydrogen (secondary N) is 2. The monoisotopic (exact) mass is 380 g/mol. The van der Waals surface area contributed by atoms with E-state index in [1.54, 1.807) is 0 Å². The Labute approximate surface area is 171 Å². The van der Waals surface area contributed by atoms with E-state index >= 15 is 0 Å². The number of fused-ring (bicyclic) bond motifs is 3. The van der Waals surface area contributed by atoms with Crippen LogP contribution in [0, 0.1) is 12.8 Å². The van der Waals surface area contributed by atoms with E-state index in [1.807, 2.05) is 36.4 Å². The smallest absolute Gasteiger partial charge is 0.255 e. The maximum Gasteiger partial charge on any atom is 0.255 e. The maximum absolute atomic E-state index is 12.5. The highest BCUT2D eigenvalue weighted by Crippen LogP contribution is 2.50. The number of aryl methyl sites for hydroxylation is 1. The average Bonchev–Trinajstić information content (AvgIpc) is 3.24. The topological polar surface area (TPSA) is 41.1 Å². The summed E-state index contributed by atoms with van der Waals surface area (Å²) in [4.78, 5) is 12.5. The molecule has 144 valence electrons. The molecule has 0 aromatic heterocycles. The van der Waals surface area contributed by atoms with Crippen molar-refractivity contribution < 1.29 is 4.79 Å². The summed E-state index contributed by atoms with van der Waals surface area (Å²) in [5.41, 5.74) is 6.56. The molecule has 2 aliphatic rings. The first kappa shape index (κ1) is 17.7. The summed E-state index contributed by atoms with van der Waals surface area (Å²) in [6, 6.07) is 24.6. The van der Waals surface area contributed by atoms with Crippen molar-refractivity contribution in [2.75, 3.05) is 10.6 Å². The van der Waals surface area contributed by atoms with Gasteiger partial charge < -0.3 is 10.6 Å². The molecule has 1 aliphatic heterocycles. The van der Waals surface area contributed by atoms with Crippen LogP contribution in [0.4, 0.5) is 11.4 Å². The third-order valence-electron chi connectivity index (χ3n) is 6.06. The molecule has 0 spiro atoms. The third-order valence-corrected chi connectivity index (χ3v) is 6.06. The Morgan fingerprint density at radius 3 is 2.69 bits per heavy atom. The lowest BCUT2D eigenvalue weighted by Gasteiger charge is -2.38. The molecule has 0 saturated heterocycles. The van der Waals surface area contributed by atoms with E-state index < -0.39 is 0 Å². The van der Waals surface area contributed by atoms with Crippen LogP contribution in [0.2, 0.25) is 0 Å². The first-order valence-electron chi connectivity index (χ1n) is 10.2. The van der Waals surface area contributed by atoms with Crippen LogP contribution in [0.25, 0.3) is 0 Å². The van der Waals surface area contributed by atoms with Gasteiger partial charge >= 0.3 is 0 Å².